The Balaban J connectivity index is 1.01. The van der Waals surface area contributed by atoms with E-state index >= 15 is 0 Å². The van der Waals surface area contributed by atoms with E-state index < -0.39 is 0 Å². The molecule has 0 aliphatic rings. The van der Waals surface area contributed by atoms with Crippen molar-refractivity contribution in [3.63, 3.8) is 0 Å². The summed E-state index contributed by atoms with van der Waals surface area (Å²) in [7, 11) is 0. The Labute approximate surface area is 336 Å². The smallest absolute Gasteiger partial charge is 0.263 e. The molecule has 0 N–H and O–H groups in total. The van der Waals surface area contributed by atoms with Crippen molar-refractivity contribution in [1.29, 1.82) is 0 Å². The van der Waals surface area contributed by atoms with Gasteiger partial charge in [0.05, 0.1) is 11.0 Å². The molecule has 0 bridgehead atoms. The molecule has 13 rings (SSSR count). The lowest BCUT2D eigenvalue weighted by Gasteiger charge is -2.11. The minimum Gasteiger partial charge on any atom is -0.455 e. The number of para-hydroxylation sites is 4. The number of benzene rings is 9. The van der Waals surface area contributed by atoms with Gasteiger partial charge < -0.3 is 8.83 Å². The lowest BCUT2D eigenvalue weighted by atomic mass is 9.94. The Morgan fingerprint density at radius 1 is 0.322 bits per heavy atom. The van der Waals surface area contributed by atoms with E-state index in [1.54, 1.807) is 0 Å². The van der Waals surface area contributed by atoms with Gasteiger partial charge in [-0.05, 0) is 93.4 Å². The van der Waals surface area contributed by atoms with Crippen LogP contribution in [0.2, 0.25) is 0 Å². The van der Waals surface area contributed by atoms with Gasteiger partial charge in [0.2, 0.25) is 0 Å². The number of rotatable bonds is 4. The van der Waals surface area contributed by atoms with E-state index in [1.807, 2.05) is 46.9 Å². The molecular formula is C55H31NO3. The van der Waals surface area contributed by atoms with Gasteiger partial charge in [-0.25, -0.2) is 0 Å². The molecule has 0 aliphatic carbocycles. The van der Waals surface area contributed by atoms with E-state index in [0.717, 1.165) is 121 Å². The highest BCUT2D eigenvalue weighted by Crippen LogP contribution is 2.42. The van der Waals surface area contributed by atoms with Crippen LogP contribution in [0.15, 0.2) is 202 Å². The third-order valence-corrected chi connectivity index (χ3v) is 12.3. The monoisotopic (exact) mass is 753 g/mol. The molecule has 13 aromatic rings. The standard InChI is InChI=1S/C55H31NO3/c57-55-45-18-2-1-15-40(45)47-30-37(33-12-8-14-36(28-33)39-20-10-22-44-42-17-4-6-24-51(42)59-54(39)44)31-48-46-29-34(25-26-49(46)56(55)52(47)48)32-11-7-13-35(27-32)38-19-9-21-43-41-16-3-5-23-50(41)58-53(38)43/h1-31H. The number of nitrogens with zero attached hydrogens (tertiary/aromatic N) is 1. The third-order valence-electron chi connectivity index (χ3n) is 12.3. The van der Waals surface area contributed by atoms with Gasteiger partial charge in [0.25, 0.3) is 5.56 Å². The van der Waals surface area contributed by atoms with Crippen LogP contribution >= 0.6 is 0 Å². The van der Waals surface area contributed by atoms with Crippen molar-refractivity contribution < 1.29 is 8.83 Å². The summed E-state index contributed by atoms with van der Waals surface area (Å²) in [6, 6.07) is 65.6. The van der Waals surface area contributed by atoms with Gasteiger partial charge in [-0.1, -0.05) is 133 Å². The van der Waals surface area contributed by atoms with Gasteiger partial charge in [0.15, 0.2) is 0 Å². The molecule has 4 heterocycles. The van der Waals surface area contributed by atoms with Crippen LogP contribution < -0.4 is 5.56 Å². The molecule has 0 aliphatic heterocycles. The average molecular weight is 754 g/mol. The molecule has 0 saturated carbocycles. The Bertz CT molecular complexity index is 3940. The average Bonchev–Trinajstić information content (AvgIpc) is 3.98. The number of hydrogen-bond donors (Lipinski definition) is 0. The van der Waals surface area contributed by atoms with Crippen molar-refractivity contribution in [2.75, 3.05) is 0 Å². The van der Waals surface area contributed by atoms with Crippen molar-refractivity contribution >= 4 is 81.8 Å². The molecule has 4 aromatic heterocycles. The molecule has 4 heteroatoms. The molecule has 9 aromatic carbocycles. The lowest BCUT2D eigenvalue weighted by molar-refractivity contribution is 0.669. The first-order chi connectivity index (χ1) is 29.2. The number of hydrogen-bond acceptors (Lipinski definition) is 3. The van der Waals surface area contributed by atoms with Crippen LogP contribution in [0.3, 0.4) is 0 Å². The Morgan fingerprint density at radius 2 is 0.780 bits per heavy atom. The molecule has 0 atom stereocenters. The van der Waals surface area contributed by atoms with Crippen LogP contribution in [-0.4, -0.2) is 4.40 Å². The zero-order chi connectivity index (χ0) is 38.8. The first-order valence-electron chi connectivity index (χ1n) is 19.9. The summed E-state index contributed by atoms with van der Waals surface area (Å²) in [5, 5.41) is 9.24. The second-order valence-corrected chi connectivity index (χ2v) is 15.6. The summed E-state index contributed by atoms with van der Waals surface area (Å²) in [5.41, 5.74) is 14.0. The largest absolute Gasteiger partial charge is 0.455 e. The Kier molecular flexibility index (Phi) is 6.56. The highest BCUT2D eigenvalue weighted by atomic mass is 16.3. The second kappa shape index (κ2) is 12.0. The van der Waals surface area contributed by atoms with Crippen molar-refractivity contribution in [1.82, 2.24) is 4.40 Å². The van der Waals surface area contributed by atoms with Crippen LogP contribution in [0.25, 0.3) is 126 Å². The fourth-order valence-electron chi connectivity index (χ4n) is 9.62. The van der Waals surface area contributed by atoms with Gasteiger partial charge >= 0.3 is 0 Å². The summed E-state index contributed by atoms with van der Waals surface area (Å²) in [6.45, 7) is 0. The zero-order valence-corrected chi connectivity index (χ0v) is 31.6. The fourth-order valence-corrected chi connectivity index (χ4v) is 9.62. The highest BCUT2D eigenvalue weighted by Gasteiger charge is 2.20. The van der Waals surface area contributed by atoms with E-state index in [-0.39, 0.29) is 5.56 Å². The lowest BCUT2D eigenvalue weighted by Crippen LogP contribution is -2.12. The summed E-state index contributed by atoms with van der Waals surface area (Å²) >= 11 is 0. The predicted molar refractivity (Wildman–Crippen MR) is 244 cm³/mol. The molecule has 59 heavy (non-hydrogen) atoms. The predicted octanol–water partition coefficient (Wildman–Crippen LogP) is 14.7. The zero-order valence-electron chi connectivity index (χ0n) is 31.6. The SMILES string of the molecule is O=c1c2ccccc2c2cc(-c3cccc(-c4cccc5c4oc4ccccc45)c3)cc3c4cc(-c5cccc(-c6cccc7c6oc6ccccc67)c5)ccc4n1c23. The maximum Gasteiger partial charge on any atom is 0.263 e. The minimum atomic E-state index is -0.00421. The number of pyridine rings is 1. The molecule has 0 saturated heterocycles. The van der Waals surface area contributed by atoms with E-state index in [9.17, 15) is 4.79 Å². The van der Waals surface area contributed by atoms with Crippen LogP contribution in [-0.2, 0) is 0 Å². The van der Waals surface area contributed by atoms with Gasteiger partial charge in [-0.15, -0.1) is 0 Å². The molecule has 0 spiro atoms. The summed E-state index contributed by atoms with van der Waals surface area (Å²) in [4.78, 5) is 14.4. The van der Waals surface area contributed by atoms with E-state index in [0.29, 0.717) is 5.39 Å². The number of aromatic nitrogens is 1. The topological polar surface area (TPSA) is 47.8 Å². The van der Waals surface area contributed by atoms with Crippen molar-refractivity contribution in [3.05, 3.63) is 198 Å². The van der Waals surface area contributed by atoms with E-state index in [4.69, 9.17) is 8.83 Å². The molecule has 274 valence electrons. The Morgan fingerprint density at radius 3 is 1.41 bits per heavy atom. The quantitative estimate of drug-likeness (QED) is 0.168. The van der Waals surface area contributed by atoms with Crippen LogP contribution in [0.4, 0.5) is 0 Å². The number of fused-ring (bicyclic) bond motifs is 11. The summed E-state index contributed by atoms with van der Waals surface area (Å²) in [6.07, 6.45) is 0. The van der Waals surface area contributed by atoms with Gasteiger partial charge in [-0.2, -0.15) is 0 Å². The summed E-state index contributed by atoms with van der Waals surface area (Å²) in [5.74, 6) is 0. The summed E-state index contributed by atoms with van der Waals surface area (Å²) < 4.78 is 14.8. The molecule has 0 amide bonds. The van der Waals surface area contributed by atoms with Crippen molar-refractivity contribution in [2.45, 2.75) is 0 Å². The second-order valence-electron chi connectivity index (χ2n) is 15.6. The maximum atomic E-state index is 14.4. The molecule has 4 nitrogen and oxygen atoms in total. The molecular weight excluding hydrogens is 723 g/mol. The van der Waals surface area contributed by atoms with E-state index in [1.165, 1.54) is 0 Å². The molecule has 0 unspecified atom stereocenters. The van der Waals surface area contributed by atoms with E-state index in [2.05, 4.69) is 146 Å². The Hall–Kier alpha value is -7.95. The normalized spacial score (nSPS) is 12.1. The first-order valence-corrected chi connectivity index (χ1v) is 19.9. The first kappa shape index (κ1) is 32.2. The van der Waals surface area contributed by atoms with Crippen molar-refractivity contribution in [3.8, 4) is 44.5 Å². The maximum absolute atomic E-state index is 14.4. The molecule has 0 fully saturated rings. The van der Waals surface area contributed by atoms with Crippen LogP contribution in [0, 0.1) is 0 Å². The third kappa shape index (κ3) is 4.63. The minimum absolute atomic E-state index is 0.00421. The molecule has 0 radical (unpaired) electrons. The van der Waals surface area contributed by atoms with Crippen molar-refractivity contribution in [2.24, 2.45) is 0 Å². The van der Waals surface area contributed by atoms with Crippen LogP contribution in [0.1, 0.15) is 0 Å². The highest BCUT2D eigenvalue weighted by molar-refractivity contribution is 6.22. The van der Waals surface area contributed by atoms with Crippen LogP contribution in [0.5, 0.6) is 0 Å². The van der Waals surface area contributed by atoms with Gasteiger partial charge in [-0.3, -0.25) is 9.20 Å². The van der Waals surface area contributed by atoms with Gasteiger partial charge in [0, 0.05) is 54.2 Å². The number of furan rings is 2. The van der Waals surface area contributed by atoms with Gasteiger partial charge in [0.1, 0.15) is 22.3 Å². The fraction of sp³-hybridized carbons (Fsp3) is 0.